The number of unbranched alkanes of at least 4 members (excludes halogenated alkanes) is 1. The van der Waals surface area contributed by atoms with E-state index in [4.69, 9.17) is 5.11 Å². The Bertz CT molecular complexity index is 348. The lowest BCUT2D eigenvalue weighted by atomic mass is 10.1. The van der Waals surface area contributed by atoms with Crippen LogP contribution in [-0.2, 0) is 4.79 Å². The van der Waals surface area contributed by atoms with E-state index in [9.17, 15) is 9.59 Å². The van der Waals surface area contributed by atoms with Gasteiger partial charge < -0.3 is 10.4 Å². The Morgan fingerprint density at radius 2 is 2.38 bits per heavy atom. The fourth-order valence-electron chi connectivity index (χ4n) is 1.28. The summed E-state index contributed by atoms with van der Waals surface area (Å²) in [6, 6.07) is -0.831. The van der Waals surface area contributed by atoms with Gasteiger partial charge in [-0.3, -0.25) is 9.89 Å². The van der Waals surface area contributed by atoms with Crippen LogP contribution in [-0.4, -0.2) is 33.2 Å². The highest BCUT2D eigenvalue weighted by molar-refractivity contribution is 5.96. The second-order valence-corrected chi connectivity index (χ2v) is 3.49. The average Bonchev–Trinajstić information content (AvgIpc) is 2.76. The number of aromatic amines is 1. The summed E-state index contributed by atoms with van der Waals surface area (Å²) in [5, 5.41) is 17.5. The number of hydrogen-bond acceptors (Lipinski definition) is 3. The molecule has 1 atom stereocenters. The van der Waals surface area contributed by atoms with Gasteiger partial charge in [0.15, 0.2) is 0 Å². The van der Waals surface area contributed by atoms with E-state index in [0.29, 0.717) is 12.0 Å². The Hall–Kier alpha value is -1.85. The number of carboxylic acid groups (broad SMARTS) is 1. The predicted octanol–water partition coefficient (Wildman–Crippen LogP) is 0.783. The van der Waals surface area contributed by atoms with Crippen LogP contribution in [0.25, 0.3) is 0 Å². The van der Waals surface area contributed by atoms with E-state index in [2.05, 4.69) is 15.5 Å². The Balaban J connectivity index is 2.54. The van der Waals surface area contributed by atoms with E-state index < -0.39 is 17.9 Å². The van der Waals surface area contributed by atoms with Crippen LogP contribution < -0.4 is 5.32 Å². The molecule has 88 valence electrons. The van der Waals surface area contributed by atoms with Crippen LogP contribution in [0.3, 0.4) is 0 Å². The fourth-order valence-corrected chi connectivity index (χ4v) is 1.28. The number of nitrogens with zero attached hydrogens (tertiary/aromatic N) is 1. The molecule has 0 saturated carbocycles. The summed E-state index contributed by atoms with van der Waals surface area (Å²) < 4.78 is 0. The highest BCUT2D eigenvalue weighted by Crippen LogP contribution is 2.03. The normalized spacial score (nSPS) is 12.1. The lowest BCUT2D eigenvalue weighted by Crippen LogP contribution is -2.40. The molecular formula is C10H15N3O3. The van der Waals surface area contributed by atoms with Gasteiger partial charge in [-0.15, -0.1) is 0 Å². The zero-order valence-corrected chi connectivity index (χ0v) is 9.06. The summed E-state index contributed by atoms with van der Waals surface area (Å²) in [5.74, 6) is -1.43. The predicted molar refractivity (Wildman–Crippen MR) is 57.0 cm³/mol. The summed E-state index contributed by atoms with van der Waals surface area (Å²) in [6.45, 7) is 1.97. The molecule has 0 radical (unpaired) electrons. The first kappa shape index (κ1) is 12.2. The third-order valence-electron chi connectivity index (χ3n) is 2.21. The van der Waals surface area contributed by atoms with Crippen LogP contribution >= 0.6 is 0 Å². The molecule has 0 bridgehead atoms. The summed E-state index contributed by atoms with van der Waals surface area (Å²) in [5.41, 5.74) is 0.336. The number of carbonyl (C=O) groups excluding carboxylic acids is 1. The molecule has 0 aliphatic heterocycles. The smallest absolute Gasteiger partial charge is 0.326 e. The first-order valence-electron chi connectivity index (χ1n) is 5.17. The molecule has 0 unspecified atom stereocenters. The van der Waals surface area contributed by atoms with Gasteiger partial charge in [0, 0.05) is 6.20 Å². The summed E-state index contributed by atoms with van der Waals surface area (Å²) in [4.78, 5) is 22.4. The maximum atomic E-state index is 11.5. The molecule has 3 N–H and O–H groups in total. The average molecular weight is 225 g/mol. The first-order valence-corrected chi connectivity index (χ1v) is 5.17. The molecule has 6 nitrogen and oxygen atoms in total. The number of amides is 1. The summed E-state index contributed by atoms with van der Waals surface area (Å²) >= 11 is 0. The van der Waals surface area contributed by atoms with Crippen LogP contribution in [0, 0.1) is 0 Å². The largest absolute Gasteiger partial charge is 0.480 e. The summed E-state index contributed by atoms with van der Waals surface area (Å²) in [7, 11) is 0. The maximum Gasteiger partial charge on any atom is 0.326 e. The Kier molecular flexibility index (Phi) is 4.50. The van der Waals surface area contributed by atoms with Crippen molar-refractivity contribution < 1.29 is 14.7 Å². The number of hydrogen-bond donors (Lipinski definition) is 3. The number of H-pyrrole nitrogens is 1. The van der Waals surface area contributed by atoms with E-state index in [-0.39, 0.29) is 0 Å². The van der Waals surface area contributed by atoms with Gasteiger partial charge in [-0.1, -0.05) is 19.8 Å². The summed E-state index contributed by atoms with van der Waals surface area (Å²) in [6.07, 6.45) is 4.88. The fraction of sp³-hybridized carbons (Fsp3) is 0.500. The molecule has 1 amide bonds. The second kappa shape index (κ2) is 5.89. The van der Waals surface area contributed by atoms with E-state index in [0.717, 1.165) is 12.8 Å². The molecule has 0 aliphatic carbocycles. The van der Waals surface area contributed by atoms with Gasteiger partial charge in [-0.2, -0.15) is 5.10 Å². The molecule has 6 heteroatoms. The number of nitrogens with one attached hydrogen (secondary N) is 2. The number of aliphatic carboxylic acids is 1. The van der Waals surface area contributed by atoms with Gasteiger partial charge in [0.05, 0.1) is 11.8 Å². The Morgan fingerprint density at radius 3 is 2.88 bits per heavy atom. The second-order valence-electron chi connectivity index (χ2n) is 3.49. The molecular weight excluding hydrogens is 210 g/mol. The number of aromatic nitrogens is 2. The zero-order valence-electron chi connectivity index (χ0n) is 9.06. The molecule has 1 aromatic rings. The van der Waals surface area contributed by atoms with Gasteiger partial charge in [0.2, 0.25) is 0 Å². The molecule has 16 heavy (non-hydrogen) atoms. The highest BCUT2D eigenvalue weighted by atomic mass is 16.4. The minimum Gasteiger partial charge on any atom is -0.480 e. The van der Waals surface area contributed by atoms with Gasteiger partial charge >= 0.3 is 5.97 Å². The van der Waals surface area contributed by atoms with Gasteiger partial charge in [0.25, 0.3) is 5.91 Å². The third kappa shape index (κ3) is 3.38. The molecule has 1 rings (SSSR count). The molecule has 0 fully saturated rings. The molecule has 1 heterocycles. The van der Waals surface area contributed by atoms with Crippen molar-refractivity contribution in [2.75, 3.05) is 0 Å². The topological polar surface area (TPSA) is 95.1 Å². The first-order chi connectivity index (χ1) is 7.65. The van der Waals surface area contributed by atoms with Crippen LogP contribution in [0.4, 0.5) is 0 Å². The molecule has 0 aromatic carbocycles. The van der Waals surface area contributed by atoms with Gasteiger partial charge in [-0.05, 0) is 6.42 Å². The monoisotopic (exact) mass is 225 g/mol. The zero-order chi connectivity index (χ0) is 12.0. The van der Waals surface area contributed by atoms with E-state index >= 15 is 0 Å². The maximum absolute atomic E-state index is 11.5. The quantitative estimate of drug-likeness (QED) is 0.666. The molecule has 0 spiro atoms. The van der Waals surface area contributed by atoms with Crippen molar-refractivity contribution in [2.24, 2.45) is 0 Å². The Morgan fingerprint density at radius 1 is 1.62 bits per heavy atom. The third-order valence-corrected chi connectivity index (χ3v) is 2.21. The lowest BCUT2D eigenvalue weighted by molar-refractivity contribution is -0.139. The van der Waals surface area contributed by atoms with Crippen molar-refractivity contribution in [3.63, 3.8) is 0 Å². The van der Waals surface area contributed by atoms with Crippen molar-refractivity contribution >= 4 is 11.9 Å². The van der Waals surface area contributed by atoms with E-state index in [1.165, 1.54) is 12.4 Å². The van der Waals surface area contributed by atoms with Crippen LogP contribution in [0.2, 0.25) is 0 Å². The van der Waals surface area contributed by atoms with E-state index in [1.807, 2.05) is 6.92 Å². The number of carbonyl (C=O) groups is 2. The molecule has 0 saturated heterocycles. The van der Waals surface area contributed by atoms with Crippen LogP contribution in [0.5, 0.6) is 0 Å². The minimum absolute atomic E-state index is 0.336. The van der Waals surface area contributed by atoms with Crippen LogP contribution in [0.1, 0.15) is 36.5 Å². The SMILES string of the molecule is CCCC[C@H](NC(=O)c1cn[nH]c1)C(=O)O. The lowest BCUT2D eigenvalue weighted by Gasteiger charge is -2.12. The van der Waals surface area contributed by atoms with Gasteiger partial charge in [0.1, 0.15) is 6.04 Å². The number of rotatable bonds is 6. The molecule has 1 aromatic heterocycles. The standard InChI is InChI=1S/C10H15N3O3/c1-2-3-4-8(10(15)16)13-9(14)7-5-11-12-6-7/h5-6,8H,2-4H2,1H3,(H,11,12)(H,13,14)(H,15,16)/t8-/m0/s1. The van der Waals surface area contributed by atoms with Crippen molar-refractivity contribution in [1.29, 1.82) is 0 Å². The molecule has 0 aliphatic rings. The van der Waals surface area contributed by atoms with Crippen LogP contribution in [0.15, 0.2) is 12.4 Å². The van der Waals surface area contributed by atoms with E-state index in [1.54, 1.807) is 0 Å². The number of carboxylic acids is 1. The van der Waals surface area contributed by atoms with Crippen molar-refractivity contribution in [1.82, 2.24) is 15.5 Å². The minimum atomic E-state index is -1.01. The van der Waals surface area contributed by atoms with Gasteiger partial charge in [-0.25, -0.2) is 4.79 Å². The Labute approximate surface area is 93.1 Å². The van der Waals surface area contributed by atoms with Crippen molar-refractivity contribution in [3.05, 3.63) is 18.0 Å². The van der Waals surface area contributed by atoms with Crippen molar-refractivity contribution in [2.45, 2.75) is 32.2 Å². The van der Waals surface area contributed by atoms with Crippen molar-refractivity contribution in [3.8, 4) is 0 Å². The highest BCUT2D eigenvalue weighted by Gasteiger charge is 2.20.